The zero-order chi connectivity index (χ0) is 11.6. The number of carboxylic acid groups (broad SMARTS) is 1. The number of aliphatic hydroxyl groups is 1. The summed E-state index contributed by atoms with van der Waals surface area (Å²) in [6.07, 6.45) is -4.88. The Hall–Kier alpha value is -1.56. The van der Waals surface area contributed by atoms with E-state index < -0.39 is 29.9 Å². The van der Waals surface area contributed by atoms with Crippen LogP contribution in [-0.4, -0.2) is 16.2 Å². The molecule has 3 nitrogen and oxygen atoms in total. The average Bonchev–Trinajstić information content (AvgIpc) is 2.15. The van der Waals surface area contributed by atoms with Crippen molar-refractivity contribution in [3.05, 3.63) is 35.1 Å². The van der Waals surface area contributed by atoms with Crippen molar-refractivity contribution in [1.29, 1.82) is 0 Å². The third-order valence-electron chi connectivity index (χ3n) is 1.81. The molecule has 0 saturated heterocycles. The molecule has 0 radical (unpaired) electrons. The van der Waals surface area contributed by atoms with Crippen molar-refractivity contribution in [3.63, 3.8) is 0 Å². The summed E-state index contributed by atoms with van der Waals surface area (Å²) in [6, 6.07) is 2.28. The van der Waals surface area contributed by atoms with Crippen molar-refractivity contribution in [3.8, 4) is 0 Å². The summed E-state index contributed by atoms with van der Waals surface area (Å²) in [5.74, 6) is -2.80. The van der Waals surface area contributed by atoms with Gasteiger partial charge in [0.05, 0.1) is 5.56 Å². The van der Waals surface area contributed by atoms with Crippen LogP contribution in [0.15, 0.2) is 18.2 Å². The van der Waals surface area contributed by atoms with Crippen LogP contribution in [0.3, 0.4) is 0 Å². The molecule has 0 saturated carbocycles. The molecule has 6 heteroatoms. The second kappa shape index (κ2) is 4.31. The van der Waals surface area contributed by atoms with Gasteiger partial charge in [-0.1, -0.05) is 12.1 Å². The molecule has 0 heterocycles. The average molecular weight is 220 g/mol. The number of benzene rings is 1. The van der Waals surface area contributed by atoms with Crippen LogP contribution in [-0.2, 0) is 4.79 Å². The lowest BCUT2D eigenvalue weighted by Gasteiger charge is -2.07. The lowest BCUT2D eigenvalue weighted by Crippen LogP contribution is -2.11. The number of hydrogen-bond acceptors (Lipinski definition) is 2. The maximum atomic E-state index is 12.9. The molecule has 1 aromatic carbocycles. The molecule has 15 heavy (non-hydrogen) atoms. The van der Waals surface area contributed by atoms with Gasteiger partial charge in [-0.15, -0.1) is 0 Å². The van der Waals surface area contributed by atoms with E-state index in [1.54, 1.807) is 0 Å². The molecule has 1 atom stereocenters. The monoisotopic (exact) mass is 220 g/mol. The van der Waals surface area contributed by atoms with E-state index in [0.29, 0.717) is 6.07 Å². The molecule has 0 bridgehead atoms. The largest absolute Gasteiger partial charge is 0.479 e. The van der Waals surface area contributed by atoms with Gasteiger partial charge in [0.1, 0.15) is 5.82 Å². The summed E-state index contributed by atoms with van der Waals surface area (Å²) in [5, 5.41) is 17.4. The fourth-order valence-electron chi connectivity index (χ4n) is 1.03. The minimum absolute atomic E-state index is 0.274. The molecule has 0 fully saturated rings. The smallest absolute Gasteiger partial charge is 0.337 e. The van der Waals surface area contributed by atoms with Gasteiger partial charge in [-0.25, -0.2) is 18.0 Å². The molecule has 0 aliphatic rings. The van der Waals surface area contributed by atoms with Crippen LogP contribution in [0.5, 0.6) is 0 Å². The molecular formula is C9H7F3O3. The van der Waals surface area contributed by atoms with Crippen molar-refractivity contribution in [2.45, 2.75) is 12.5 Å². The number of rotatable bonds is 3. The molecule has 1 unspecified atom stereocenters. The first-order valence-corrected chi connectivity index (χ1v) is 3.92. The summed E-state index contributed by atoms with van der Waals surface area (Å²) in [6.45, 7) is 0. The van der Waals surface area contributed by atoms with Crippen molar-refractivity contribution >= 4 is 5.97 Å². The lowest BCUT2D eigenvalue weighted by molar-refractivity contribution is -0.146. The van der Waals surface area contributed by atoms with Gasteiger partial charge in [0.15, 0.2) is 6.10 Å². The van der Waals surface area contributed by atoms with Gasteiger partial charge in [0.2, 0.25) is 0 Å². The molecule has 1 aromatic rings. The predicted molar refractivity (Wildman–Crippen MR) is 44.0 cm³/mol. The second-order valence-electron chi connectivity index (χ2n) is 2.82. The van der Waals surface area contributed by atoms with E-state index in [0.717, 1.165) is 12.1 Å². The Morgan fingerprint density at radius 2 is 1.93 bits per heavy atom. The lowest BCUT2D eigenvalue weighted by atomic mass is 10.1. The van der Waals surface area contributed by atoms with Gasteiger partial charge >= 0.3 is 5.97 Å². The predicted octanol–water partition coefficient (Wildman–Crippen LogP) is 1.88. The maximum absolute atomic E-state index is 12.9. The molecule has 0 aliphatic carbocycles. The van der Waals surface area contributed by atoms with E-state index >= 15 is 0 Å². The number of aliphatic hydroxyl groups excluding tert-OH is 1. The Morgan fingerprint density at radius 3 is 2.33 bits per heavy atom. The van der Waals surface area contributed by atoms with Crippen LogP contribution < -0.4 is 0 Å². The van der Waals surface area contributed by atoms with Crippen molar-refractivity contribution < 1.29 is 28.2 Å². The fourth-order valence-corrected chi connectivity index (χ4v) is 1.03. The van der Waals surface area contributed by atoms with Gasteiger partial charge in [-0.3, -0.25) is 0 Å². The summed E-state index contributed by atoms with van der Waals surface area (Å²) in [5.41, 5.74) is -1.10. The highest BCUT2D eigenvalue weighted by atomic mass is 19.3. The third-order valence-corrected chi connectivity index (χ3v) is 1.81. The number of alkyl halides is 2. The quantitative estimate of drug-likeness (QED) is 0.817. The zero-order valence-electron chi connectivity index (χ0n) is 7.32. The fraction of sp³-hybridized carbons (Fsp3) is 0.222. The van der Waals surface area contributed by atoms with Gasteiger partial charge in [0, 0.05) is 0 Å². The van der Waals surface area contributed by atoms with E-state index in [-0.39, 0.29) is 5.56 Å². The Bertz CT molecular complexity index is 379. The molecule has 0 aliphatic heterocycles. The Morgan fingerprint density at radius 1 is 1.33 bits per heavy atom. The van der Waals surface area contributed by atoms with Crippen LogP contribution in [0, 0.1) is 5.82 Å². The van der Waals surface area contributed by atoms with Crippen LogP contribution in [0.2, 0.25) is 0 Å². The van der Waals surface area contributed by atoms with Crippen LogP contribution in [0.25, 0.3) is 0 Å². The summed E-state index contributed by atoms with van der Waals surface area (Å²) in [4.78, 5) is 10.3. The summed E-state index contributed by atoms with van der Waals surface area (Å²) in [7, 11) is 0. The summed E-state index contributed by atoms with van der Waals surface area (Å²) >= 11 is 0. The highest BCUT2D eigenvalue weighted by molar-refractivity contribution is 5.74. The van der Waals surface area contributed by atoms with Gasteiger partial charge in [-0.05, 0) is 11.6 Å². The minimum atomic E-state index is -2.97. The first kappa shape index (κ1) is 11.5. The van der Waals surface area contributed by atoms with Crippen molar-refractivity contribution in [1.82, 2.24) is 0 Å². The van der Waals surface area contributed by atoms with E-state index in [1.165, 1.54) is 0 Å². The highest BCUT2D eigenvalue weighted by Crippen LogP contribution is 2.24. The number of aliphatic carboxylic acids is 1. The topological polar surface area (TPSA) is 57.5 Å². The van der Waals surface area contributed by atoms with Crippen LogP contribution in [0.4, 0.5) is 13.2 Å². The van der Waals surface area contributed by atoms with E-state index in [9.17, 15) is 18.0 Å². The van der Waals surface area contributed by atoms with E-state index in [2.05, 4.69) is 0 Å². The molecule has 2 N–H and O–H groups in total. The van der Waals surface area contributed by atoms with Gasteiger partial charge in [-0.2, -0.15) is 0 Å². The Kier molecular flexibility index (Phi) is 3.31. The number of carbonyl (C=O) groups is 1. The van der Waals surface area contributed by atoms with Gasteiger partial charge < -0.3 is 10.2 Å². The zero-order valence-corrected chi connectivity index (χ0v) is 7.32. The standard InChI is InChI=1S/C9H7F3O3/c10-6-3-4(7(13)9(14)15)1-2-5(6)8(11)12/h1-3,7-8,13H,(H,14,15). The van der Waals surface area contributed by atoms with Crippen molar-refractivity contribution in [2.24, 2.45) is 0 Å². The number of carboxylic acids is 1. The Labute approximate surface area is 82.8 Å². The molecule has 0 amide bonds. The molecule has 0 aromatic heterocycles. The summed E-state index contributed by atoms with van der Waals surface area (Å²) < 4.78 is 37.1. The maximum Gasteiger partial charge on any atom is 0.337 e. The Balaban J connectivity index is 3.06. The number of halogens is 3. The second-order valence-corrected chi connectivity index (χ2v) is 2.82. The number of hydrogen-bond donors (Lipinski definition) is 2. The van der Waals surface area contributed by atoms with Gasteiger partial charge in [0.25, 0.3) is 6.43 Å². The minimum Gasteiger partial charge on any atom is -0.479 e. The van der Waals surface area contributed by atoms with Crippen molar-refractivity contribution in [2.75, 3.05) is 0 Å². The first-order chi connectivity index (χ1) is 6.93. The van der Waals surface area contributed by atoms with Crippen LogP contribution >= 0.6 is 0 Å². The highest BCUT2D eigenvalue weighted by Gasteiger charge is 2.19. The first-order valence-electron chi connectivity index (χ1n) is 3.92. The van der Waals surface area contributed by atoms with Crippen LogP contribution in [0.1, 0.15) is 23.7 Å². The third kappa shape index (κ3) is 2.47. The van der Waals surface area contributed by atoms with E-state index in [1.807, 2.05) is 0 Å². The molecule has 1 rings (SSSR count). The SMILES string of the molecule is O=C(O)C(O)c1ccc(C(F)F)c(F)c1. The van der Waals surface area contributed by atoms with E-state index in [4.69, 9.17) is 10.2 Å². The normalized spacial score (nSPS) is 12.9. The molecule has 82 valence electrons. The molecule has 0 spiro atoms. The molecular weight excluding hydrogens is 213 g/mol.